The molecular weight excluding hydrogens is 324 g/mol. The van der Waals surface area contributed by atoms with Crippen molar-refractivity contribution in [2.75, 3.05) is 13.4 Å². The van der Waals surface area contributed by atoms with Crippen LogP contribution in [-0.4, -0.2) is 23.5 Å². The summed E-state index contributed by atoms with van der Waals surface area (Å²) in [6.45, 7) is 0. The van der Waals surface area contributed by atoms with Crippen molar-refractivity contribution in [3.63, 3.8) is 0 Å². The van der Waals surface area contributed by atoms with E-state index in [1.54, 1.807) is 7.11 Å². The third-order valence-electron chi connectivity index (χ3n) is 3.29. The van der Waals surface area contributed by atoms with Gasteiger partial charge in [-0.1, -0.05) is 11.8 Å². The zero-order valence-electron chi connectivity index (χ0n) is 13.1. The summed E-state index contributed by atoms with van der Waals surface area (Å²) in [5, 5.41) is 11.8. The lowest BCUT2D eigenvalue weighted by atomic mass is 10.2. The van der Waals surface area contributed by atoms with Gasteiger partial charge in [0.05, 0.1) is 12.8 Å². The second-order valence-corrected chi connectivity index (χ2v) is 5.55. The van der Waals surface area contributed by atoms with E-state index in [1.165, 1.54) is 11.8 Å². The molecule has 7 heteroatoms. The van der Waals surface area contributed by atoms with Gasteiger partial charge in [0.15, 0.2) is 16.9 Å². The molecule has 0 saturated heterocycles. The standard InChI is InChI=1S/C17H14N4O2S/c1-22-13-6-3-11(4-7-13)16-21-14-9-12(5-8-15(14)23-16)20-17(24-2)19-10-18/h3-9H,1-2H3,(H,19,20). The first-order valence-corrected chi connectivity index (χ1v) is 8.29. The molecule has 0 aliphatic carbocycles. The predicted octanol–water partition coefficient (Wildman–Crippen LogP) is 3.92. The third-order valence-corrected chi connectivity index (χ3v) is 3.87. The van der Waals surface area contributed by atoms with Crippen LogP contribution in [0.3, 0.4) is 0 Å². The van der Waals surface area contributed by atoms with Crippen molar-refractivity contribution in [2.45, 2.75) is 0 Å². The van der Waals surface area contributed by atoms with Crippen LogP contribution in [0.4, 0.5) is 5.69 Å². The van der Waals surface area contributed by atoms with E-state index < -0.39 is 0 Å². The molecule has 6 nitrogen and oxygen atoms in total. The SMILES string of the molecule is COc1ccc(-c2nc3cc(N=C(NC#N)SC)ccc3o2)cc1. The molecule has 0 aliphatic heterocycles. The smallest absolute Gasteiger partial charge is 0.227 e. The number of amidine groups is 1. The van der Waals surface area contributed by atoms with Gasteiger partial charge in [0.25, 0.3) is 0 Å². The lowest BCUT2D eigenvalue weighted by Gasteiger charge is -1.99. The number of rotatable bonds is 3. The lowest BCUT2D eigenvalue weighted by Crippen LogP contribution is -2.12. The Hall–Kier alpha value is -2.98. The van der Waals surface area contributed by atoms with Crippen LogP contribution in [0.1, 0.15) is 0 Å². The van der Waals surface area contributed by atoms with Crippen LogP contribution in [-0.2, 0) is 0 Å². The average Bonchev–Trinajstić information content (AvgIpc) is 3.04. The molecule has 0 amide bonds. The summed E-state index contributed by atoms with van der Waals surface area (Å²) in [4.78, 5) is 8.88. The maximum atomic E-state index is 8.69. The number of hydrogen-bond acceptors (Lipinski definition) is 6. The van der Waals surface area contributed by atoms with Gasteiger partial charge in [-0.15, -0.1) is 0 Å². The Balaban J connectivity index is 1.95. The van der Waals surface area contributed by atoms with Gasteiger partial charge in [-0.2, -0.15) is 5.26 Å². The molecule has 0 aliphatic rings. The number of fused-ring (bicyclic) bond motifs is 1. The van der Waals surface area contributed by atoms with Crippen molar-refractivity contribution >= 4 is 33.7 Å². The fraction of sp³-hybridized carbons (Fsp3) is 0.118. The van der Waals surface area contributed by atoms with Crippen LogP contribution >= 0.6 is 11.8 Å². The molecule has 3 rings (SSSR count). The average molecular weight is 338 g/mol. The molecule has 0 radical (unpaired) electrons. The van der Waals surface area contributed by atoms with Crippen LogP contribution in [0.25, 0.3) is 22.6 Å². The number of benzene rings is 2. The number of methoxy groups -OCH3 is 1. The Kier molecular flexibility index (Phi) is 4.68. The zero-order valence-corrected chi connectivity index (χ0v) is 13.9. The van der Waals surface area contributed by atoms with Crippen molar-refractivity contribution in [1.29, 1.82) is 5.26 Å². The molecule has 120 valence electrons. The Morgan fingerprint density at radius 3 is 2.75 bits per heavy atom. The van der Waals surface area contributed by atoms with Crippen LogP contribution < -0.4 is 10.1 Å². The van der Waals surface area contributed by atoms with E-state index in [1.807, 2.05) is 54.9 Å². The molecule has 0 fully saturated rings. The minimum Gasteiger partial charge on any atom is -0.497 e. The molecule has 2 aromatic carbocycles. The number of aliphatic imine (C=N–C) groups is 1. The van der Waals surface area contributed by atoms with E-state index in [2.05, 4.69) is 15.3 Å². The number of hydrogen-bond donors (Lipinski definition) is 1. The topological polar surface area (TPSA) is 83.4 Å². The monoisotopic (exact) mass is 338 g/mol. The number of aromatic nitrogens is 1. The lowest BCUT2D eigenvalue weighted by molar-refractivity contribution is 0.415. The van der Waals surface area contributed by atoms with E-state index in [0.717, 1.165) is 11.3 Å². The van der Waals surface area contributed by atoms with E-state index in [4.69, 9.17) is 14.4 Å². The van der Waals surface area contributed by atoms with Crippen molar-refractivity contribution in [2.24, 2.45) is 4.99 Å². The molecule has 1 heterocycles. The fourth-order valence-electron chi connectivity index (χ4n) is 2.13. The molecule has 0 spiro atoms. The fourth-order valence-corrected chi connectivity index (χ4v) is 2.48. The van der Waals surface area contributed by atoms with Gasteiger partial charge in [-0.25, -0.2) is 9.98 Å². The number of nitriles is 1. The Morgan fingerprint density at radius 2 is 2.08 bits per heavy atom. The highest BCUT2D eigenvalue weighted by atomic mass is 32.2. The van der Waals surface area contributed by atoms with E-state index in [-0.39, 0.29) is 0 Å². The minimum atomic E-state index is 0.524. The highest BCUT2D eigenvalue weighted by Crippen LogP contribution is 2.28. The van der Waals surface area contributed by atoms with Gasteiger partial charge in [0.2, 0.25) is 5.89 Å². The summed E-state index contributed by atoms with van der Waals surface area (Å²) in [6.07, 6.45) is 3.71. The predicted molar refractivity (Wildman–Crippen MR) is 95.4 cm³/mol. The Labute approximate surface area is 143 Å². The normalized spacial score (nSPS) is 11.3. The maximum absolute atomic E-state index is 8.69. The van der Waals surface area contributed by atoms with E-state index >= 15 is 0 Å². The number of nitrogens with one attached hydrogen (secondary N) is 1. The van der Waals surface area contributed by atoms with Crippen LogP contribution in [0.15, 0.2) is 51.9 Å². The highest BCUT2D eigenvalue weighted by Gasteiger charge is 2.09. The van der Waals surface area contributed by atoms with Gasteiger partial charge in [0.1, 0.15) is 11.3 Å². The second kappa shape index (κ2) is 7.06. The molecular formula is C17H14N4O2S. The molecule has 0 saturated carbocycles. The number of ether oxygens (including phenoxy) is 1. The molecule has 1 aromatic heterocycles. The van der Waals surface area contributed by atoms with Crippen molar-refractivity contribution in [3.05, 3.63) is 42.5 Å². The summed E-state index contributed by atoms with van der Waals surface area (Å²) in [5.74, 6) is 1.31. The van der Waals surface area contributed by atoms with Crippen molar-refractivity contribution in [3.8, 4) is 23.4 Å². The van der Waals surface area contributed by atoms with Gasteiger partial charge in [0, 0.05) is 5.56 Å². The van der Waals surface area contributed by atoms with Crippen LogP contribution in [0.2, 0.25) is 0 Å². The molecule has 24 heavy (non-hydrogen) atoms. The summed E-state index contributed by atoms with van der Waals surface area (Å²) in [5.41, 5.74) is 2.95. The molecule has 0 unspecified atom stereocenters. The van der Waals surface area contributed by atoms with Gasteiger partial charge < -0.3 is 9.15 Å². The Bertz CT molecular complexity index is 926. The van der Waals surface area contributed by atoms with Crippen LogP contribution in [0, 0.1) is 11.5 Å². The van der Waals surface area contributed by atoms with E-state index in [9.17, 15) is 0 Å². The summed E-state index contributed by atoms with van der Waals surface area (Å²) < 4.78 is 10.9. The molecule has 0 atom stereocenters. The van der Waals surface area contributed by atoms with Crippen molar-refractivity contribution in [1.82, 2.24) is 10.3 Å². The van der Waals surface area contributed by atoms with Gasteiger partial charge in [-0.05, 0) is 48.7 Å². The third kappa shape index (κ3) is 3.34. The van der Waals surface area contributed by atoms with Gasteiger partial charge in [-0.3, -0.25) is 5.32 Å². The summed E-state index contributed by atoms with van der Waals surface area (Å²) in [7, 11) is 1.63. The van der Waals surface area contributed by atoms with Crippen LogP contribution in [0.5, 0.6) is 5.75 Å². The number of oxazole rings is 1. The second-order valence-electron chi connectivity index (χ2n) is 4.76. The maximum Gasteiger partial charge on any atom is 0.227 e. The first-order valence-electron chi connectivity index (χ1n) is 7.06. The summed E-state index contributed by atoms with van der Waals surface area (Å²) in [6, 6.07) is 13.0. The molecule has 1 N–H and O–H groups in total. The number of nitrogens with zero attached hydrogens (tertiary/aromatic N) is 3. The largest absolute Gasteiger partial charge is 0.497 e. The quantitative estimate of drug-likeness (QED) is 0.337. The highest BCUT2D eigenvalue weighted by molar-refractivity contribution is 8.13. The minimum absolute atomic E-state index is 0.524. The van der Waals surface area contributed by atoms with E-state index in [0.29, 0.717) is 27.8 Å². The zero-order chi connectivity index (χ0) is 16.9. The summed E-state index contributed by atoms with van der Waals surface area (Å²) >= 11 is 1.36. The van der Waals surface area contributed by atoms with Gasteiger partial charge >= 0.3 is 0 Å². The Morgan fingerprint density at radius 1 is 1.29 bits per heavy atom. The molecule has 0 bridgehead atoms. The number of thioether (sulfide) groups is 1. The first-order chi connectivity index (χ1) is 11.7. The van der Waals surface area contributed by atoms with Crippen molar-refractivity contribution < 1.29 is 9.15 Å². The first kappa shape index (κ1) is 15.9. The molecule has 3 aromatic rings.